The first kappa shape index (κ1) is 14.1. The number of carboxylic acid groups (broad SMARTS) is 1. The number of nitrogens with one attached hydrogen (secondary N) is 1. The third-order valence-electron chi connectivity index (χ3n) is 2.96. The minimum Gasteiger partial charge on any atom is -0.479 e. The molecule has 1 aromatic carbocycles. The highest BCUT2D eigenvalue weighted by molar-refractivity contribution is 6.36. The van der Waals surface area contributed by atoms with Gasteiger partial charge in [0.15, 0.2) is 5.54 Å². The molecule has 5 nitrogen and oxygen atoms in total. The summed E-state index contributed by atoms with van der Waals surface area (Å²) in [6.07, 6.45) is 0.222. The predicted molar refractivity (Wildman–Crippen MR) is 69.7 cm³/mol. The normalized spacial score (nSPS) is 22.2. The number of carbonyl (C=O) groups is 2. The van der Waals surface area contributed by atoms with Gasteiger partial charge < -0.3 is 15.2 Å². The molecule has 102 valence electrons. The summed E-state index contributed by atoms with van der Waals surface area (Å²) in [6.45, 7) is 0.236. The van der Waals surface area contributed by atoms with Crippen molar-refractivity contribution in [2.24, 2.45) is 0 Å². The van der Waals surface area contributed by atoms with Crippen LogP contribution in [-0.2, 0) is 9.53 Å². The number of amides is 1. The van der Waals surface area contributed by atoms with Gasteiger partial charge in [0.1, 0.15) is 0 Å². The summed E-state index contributed by atoms with van der Waals surface area (Å²) in [5.41, 5.74) is -1.21. The lowest BCUT2D eigenvalue weighted by Crippen LogP contribution is -2.55. The number of carboxylic acids is 1. The zero-order chi connectivity index (χ0) is 14.0. The molecule has 0 saturated carbocycles. The first-order chi connectivity index (χ1) is 8.94. The fourth-order valence-corrected chi connectivity index (χ4v) is 2.34. The Morgan fingerprint density at radius 1 is 1.37 bits per heavy atom. The van der Waals surface area contributed by atoms with Crippen molar-refractivity contribution in [3.05, 3.63) is 33.8 Å². The lowest BCUT2D eigenvalue weighted by atomic mass is 9.98. The molecule has 19 heavy (non-hydrogen) atoms. The monoisotopic (exact) mass is 303 g/mol. The van der Waals surface area contributed by atoms with Gasteiger partial charge in [0.05, 0.1) is 17.2 Å². The van der Waals surface area contributed by atoms with Crippen LogP contribution in [0.5, 0.6) is 0 Å². The maximum Gasteiger partial charge on any atom is 0.331 e. The highest BCUT2D eigenvalue weighted by atomic mass is 35.5. The van der Waals surface area contributed by atoms with Crippen molar-refractivity contribution in [3.63, 3.8) is 0 Å². The third kappa shape index (κ3) is 2.83. The van der Waals surface area contributed by atoms with Crippen molar-refractivity contribution in [1.82, 2.24) is 5.32 Å². The average molecular weight is 304 g/mol. The summed E-state index contributed by atoms with van der Waals surface area (Å²) >= 11 is 11.7. The molecule has 2 rings (SSSR count). The van der Waals surface area contributed by atoms with E-state index in [2.05, 4.69) is 5.32 Å². The van der Waals surface area contributed by atoms with Crippen LogP contribution in [0.3, 0.4) is 0 Å². The van der Waals surface area contributed by atoms with Crippen molar-refractivity contribution in [3.8, 4) is 0 Å². The molecule has 7 heteroatoms. The molecule has 2 N–H and O–H groups in total. The van der Waals surface area contributed by atoms with Crippen molar-refractivity contribution in [2.75, 3.05) is 13.2 Å². The highest BCUT2D eigenvalue weighted by Gasteiger charge is 2.44. The average Bonchev–Trinajstić information content (AvgIpc) is 2.78. The first-order valence-corrected chi connectivity index (χ1v) is 6.29. The largest absolute Gasteiger partial charge is 0.479 e. The summed E-state index contributed by atoms with van der Waals surface area (Å²) in [7, 11) is 0. The molecule has 1 heterocycles. The zero-order valence-electron chi connectivity index (χ0n) is 9.78. The van der Waals surface area contributed by atoms with E-state index >= 15 is 0 Å². The van der Waals surface area contributed by atoms with E-state index in [9.17, 15) is 14.7 Å². The van der Waals surface area contributed by atoms with E-state index in [4.69, 9.17) is 27.9 Å². The van der Waals surface area contributed by atoms with Gasteiger partial charge in [-0.25, -0.2) is 4.79 Å². The Balaban J connectivity index is 2.22. The Hall–Kier alpha value is -1.30. The second-order valence-electron chi connectivity index (χ2n) is 4.27. The van der Waals surface area contributed by atoms with Crippen LogP contribution in [-0.4, -0.2) is 35.7 Å². The number of hydrogen-bond acceptors (Lipinski definition) is 3. The molecule has 0 bridgehead atoms. The molecule has 0 aromatic heterocycles. The van der Waals surface area contributed by atoms with Crippen molar-refractivity contribution in [1.29, 1.82) is 0 Å². The lowest BCUT2D eigenvalue weighted by Gasteiger charge is -2.23. The molecule has 0 radical (unpaired) electrons. The van der Waals surface area contributed by atoms with Gasteiger partial charge in [-0.15, -0.1) is 0 Å². The van der Waals surface area contributed by atoms with E-state index in [-0.39, 0.29) is 23.6 Å². The molecule has 0 aliphatic carbocycles. The van der Waals surface area contributed by atoms with Gasteiger partial charge in [-0.05, 0) is 18.2 Å². The lowest BCUT2D eigenvalue weighted by molar-refractivity contribution is -0.144. The van der Waals surface area contributed by atoms with Gasteiger partial charge in [-0.2, -0.15) is 0 Å². The summed E-state index contributed by atoms with van der Waals surface area (Å²) in [6, 6.07) is 4.39. The number of aliphatic carboxylic acids is 1. The van der Waals surface area contributed by atoms with Crippen LogP contribution in [0.2, 0.25) is 10.0 Å². The standard InChI is InChI=1S/C12H11Cl2NO4/c13-7-1-2-8(9(14)5-7)10(16)15-12(11(17)18)3-4-19-6-12/h1-2,5H,3-4,6H2,(H,15,16)(H,17,18). The Labute approximate surface area is 119 Å². The topological polar surface area (TPSA) is 75.6 Å². The van der Waals surface area contributed by atoms with Crippen molar-refractivity contribution < 1.29 is 19.4 Å². The van der Waals surface area contributed by atoms with Gasteiger partial charge >= 0.3 is 5.97 Å². The van der Waals surface area contributed by atoms with Gasteiger partial charge in [-0.3, -0.25) is 4.79 Å². The molecule has 1 saturated heterocycles. The van der Waals surface area contributed by atoms with E-state index in [0.29, 0.717) is 11.6 Å². The number of ether oxygens (including phenoxy) is 1. The van der Waals surface area contributed by atoms with E-state index < -0.39 is 17.4 Å². The Morgan fingerprint density at radius 2 is 2.11 bits per heavy atom. The number of rotatable bonds is 3. The molecule has 1 amide bonds. The number of halogens is 2. The van der Waals surface area contributed by atoms with Crippen LogP contribution in [0.25, 0.3) is 0 Å². The number of carbonyl (C=O) groups excluding carboxylic acids is 1. The molecule has 1 fully saturated rings. The molecule has 1 aromatic rings. The van der Waals surface area contributed by atoms with Crippen LogP contribution < -0.4 is 5.32 Å². The summed E-state index contributed by atoms with van der Waals surface area (Å²) in [5, 5.41) is 12.3. The smallest absolute Gasteiger partial charge is 0.331 e. The quantitative estimate of drug-likeness (QED) is 0.895. The highest BCUT2D eigenvalue weighted by Crippen LogP contribution is 2.24. The molecule has 1 aliphatic rings. The van der Waals surface area contributed by atoms with E-state index in [1.807, 2.05) is 0 Å². The van der Waals surface area contributed by atoms with Gasteiger partial charge in [0, 0.05) is 18.1 Å². The van der Waals surface area contributed by atoms with E-state index in [1.165, 1.54) is 18.2 Å². The minimum absolute atomic E-state index is 0.0563. The Bertz CT molecular complexity index is 526. The SMILES string of the molecule is O=C(NC1(C(=O)O)CCOC1)c1ccc(Cl)cc1Cl. The molecule has 1 aliphatic heterocycles. The minimum atomic E-state index is -1.39. The Morgan fingerprint density at radius 3 is 2.63 bits per heavy atom. The molecule has 1 atom stereocenters. The molecular weight excluding hydrogens is 293 g/mol. The van der Waals surface area contributed by atoms with Gasteiger partial charge in [-0.1, -0.05) is 23.2 Å². The van der Waals surface area contributed by atoms with Gasteiger partial charge in [0.25, 0.3) is 5.91 Å². The first-order valence-electron chi connectivity index (χ1n) is 5.53. The summed E-state index contributed by atoms with van der Waals surface area (Å²) in [4.78, 5) is 23.4. The third-order valence-corrected chi connectivity index (χ3v) is 3.51. The second-order valence-corrected chi connectivity index (χ2v) is 5.11. The Kier molecular flexibility index (Phi) is 3.99. The number of hydrogen-bond donors (Lipinski definition) is 2. The maximum absolute atomic E-state index is 12.1. The van der Waals surface area contributed by atoms with Crippen molar-refractivity contribution in [2.45, 2.75) is 12.0 Å². The van der Waals surface area contributed by atoms with E-state index in [1.54, 1.807) is 0 Å². The van der Waals surface area contributed by atoms with Crippen molar-refractivity contribution >= 4 is 35.1 Å². The number of benzene rings is 1. The molecule has 0 spiro atoms. The van der Waals surface area contributed by atoms with Crippen LogP contribution in [0, 0.1) is 0 Å². The van der Waals surface area contributed by atoms with Crippen LogP contribution in [0.15, 0.2) is 18.2 Å². The van der Waals surface area contributed by atoms with Crippen LogP contribution in [0.4, 0.5) is 0 Å². The molecular formula is C12H11Cl2NO4. The zero-order valence-corrected chi connectivity index (χ0v) is 11.3. The maximum atomic E-state index is 12.1. The fraction of sp³-hybridized carbons (Fsp3) is 0.333. The van der Waals surface area contributed by atoms with Crippen LogP contribution in [0.1, 0.15) is 16.8 Å². The predicted octanol–water partition coefficient (Wildman–Crippen LogP) is 1.97. The summed E-state index contributed by atoms with van der Waals surface area (Å²) < 4.78 is 5.06. The fourth-order valence-electron chi connectivity index (χ4n) is 1.84. The molecule has 1 unspecified atom stereocenters. The van der Waals surface area contributed by atoms with Gasteiger partial charge in [0.2, 0.25) is 0 Å². The van der Waals surface area contributed by atoms with Crippen LogP contribution >= 0.6 is 23.2 Å². The van der Waals surface area contributed by atoms with E-state index in [0.717, 1.165) is 0 Å². The summed E-state index contributed by atoms with van der Waals surface area (Å²) in [5.74, 6) is -1.68. The second kappa shape index (κ2) is 5.36.